The summed E-state index contributed by atoms with van der Waals surface area (Å²) in [6, 6.07) is 11.6. The fourth-order valence-corrected chi connectivity index (χ4v) is 4.62. The van der Waals surface area contributed by atoms with E-state index in [0.29, 0.717) is 23.6 Å². The molecule has 36 heavy (non-hydrogen) atoms. The molecule has 0 bridgehead atoms. The van der Waals surface area contributed by atoms with Gasteiger partial charge in [-0.2, -0.15) is 0 Å². The van der Waals surface area contributed by atoms with E-state index in [9.17, 15) is 22.4 Å². The molecular formula is C26H36FN3O5S. The van der Waals surface area contributed by atoms with Crippen molar-refractivity contribution >= 4 is 27.5 Å². The number of hydrogen-bond donors (Lipinski definition) is 1. The summed E-state index contributed by atoms with van der Waals surface area (Å²) in [7, 11) is -3.59. The van der Waals surface area contributed by atoms with Gasteiger partial charge in [0, 0.05) is 25.6 Å². The number of halogens is 1. The number of carbonyl (C=O) groups is 2. The average Bonchev–Trinajstić information content (AvgIpc) is 2.80. The molecule has 2 aromatic rings. The van der Waals surface area contributed by atoms with Gasteiger partial charge < -0.3 is 15.0 Å². The molecule has 1 N–H and O–H groups in total. The molecule has 2 amide bonds. The van der Waals surface area contributed by atoms with Crippen molar-refractivity contribution in [1.29, 1.82) is 0 Å². The molecular weight excluding hydrogens is 485 g/mol. The summed E-state index contributed by atoms with van der Waals surface area (Å²) in [6.45, 7) is 7.88. The van der Waals surface area contributed by atoms with Crippen LogP contribution in [0, 0.1) is 5.82 Å². The van der Waals surface area contributed by atoms with Gasteiger partial charge in [0.2, 0.25) is 21.8 Å². The molecule has 0 radical (unpaired) electrons. The first-order valence-electron chi connectivity index (χ1n) is 12.0. The van der Waals surface area contributed by atoms with Crippen LogP contribution in [0.5, 0.6) is 5.75 Å². The van der Waals surface area contributed by atoms with E-state index < -0.39 is 21.9 Å². The normalized spacial score (nSPS) is 12.2. The number of rotatable bonds is 13. The Morgan fingerprint density at radius 2 is 1.64 bits per heavy atom. The van der Waals surface area contributed by atoms with Crippen LogP contribution in [0.3, 0.4) is 0 Å². The largest absolute Gasteiger partial charge is 0.494 e. The molecule has 0 unspecified atom stereocenters. The third-order valence-corrected chi connectivity index (χ3v) is 6.65. The first kappa shape index (κ1) is 29.1. The quantitative estimate of drug-likeness (QED) is 0.434. The van der Waals surface area contributed by atoms with Gasteiger partial charge in [-0.25, -0.2) is 12.8 Å². The zero-order valence-corrected chi connectivity index (χ0v) is 22.3. The molecule has 0 spiro atoms. The maximum absolute atomic E-state index is 13.3. The summed E-state index contributed by atoms with van der Waals surface area (Å²) < 4.78 is 44.9. The summed E-state index contributed by atoms with van der Waals surface area (Å²) in [5.41, 5.74) is 1.15. The molecule has 10 heteroatoms. The SMILES string of the molecule is CCOc1ccc(N(CCCC(=O)N(Cc2ccc(F)cc2)[C@@H](C)C(=O)NC(C)C)S(C)(=O)=O)cc1. The van der Waals surface area contributed by atoms with E-state index in [2.05, 4.69) is 5.32 Å². The molecule has 2 rings (SSSR count). The molecule has 0 heterocycles. The van der Waals surface area contributed by atoms with Crippen molar-refractivity contribution in [3.8, 4) is 5.75 Å². The number of ether oxygens (including phenoxy) is 1. The van der Waals surface area contributed by atoms with Gasteiger partial charge in [0.15, 0.2) is 0 Å². The molecule has 0 aliphatic rings. The highest BCUT2D eigenvalue weighted by molar-refractivity contribution is 7.92. The van der Waals surface area contributed by atoms with Gasteiger partial charge in [0.05, 0.1) is 18.6 Å². The van der Waals surface area contributed by atoms with Crippen LogP contribution in [-0.2, 0) is 26.2 Å². The van der Waals surface area contributed by atoms with Crippen LogP contribution in [0.1, 0.15) is 46.1 Å². The van der Waals surface area contributed by atoms with E-state index in [4.69, 9.17) is 4.74 Å². The minimum atomic E-state index is -3.59. The molecule has 198 valence electrons. The smallest absolute Gasteiger partial charge is 0.242 e. The monoisotopic (exact) mass is 521 g/mol. The lowest BCUT2D eigenvalue weighted by Gasteiger charge is -2.30. The van der Waals surface area contributed by atoms with Gasteiger partial charge in [-0.15, -0.1) is 0 Å². The lowest BCUT2D eigenvalue weighted by atomic mass is 10.1. The third-order valence-electron chi connectivity index (χ3n) is 5.45. The van der Waals surface area contributed by atoms with Crippen LogP contribution >= 0.6 is 0 Å². The Kier molecular flexibility index (Phi) is 10.7. The average molecular weight is 522 g/mol. The Hall–Kier alpha value is -3.14. The molecule has 8 nitrogen and oxygen atoms in total. The fraction of sp³-hybridized carbons (Fsp3) is 0.462. The van der Waals surface area contributed by atoms with Gasteiger partial charge in [-0.05, 0) is 76.1 Å². The first-order valence-corrected chi connectivity index (χ1v) is 13.8. The van der Waals surface area contributed by atoms with Crippen molar-refractivity contribution < 1.29 is 27.1 Å². The number of sulfonamides is 1. The van der Waals surface area contributed by atoms with Crippen LogP contribution in [0.15, 0.2) is 48.5 Å². The molecule has 0 aliphatic carbocycles. The first-order chi connectivity index (χ1) is 16.9. The fourth-order valence-electron chi connectivity index (χ4n) is 3.65. The molecule has 2 aromatic carbocycles. The Morgan fingerprint density at radius 3 is 2.17 bits per heavy atom. The van der Waals surface area contributed by atoms with Crippen LogP contribution in [0.4, 0.5) is 10.1 Å². The second kappa shape index (κ2) is 13.2. The Balaban J connectivity index is 2.14. The van der Waals surface area contributed by atoms with Crippen LogP contribution in [0.2, 0.25) is 0 Å². The minimum Gasteiger partial charge on any atom is -0.494 e. The minimum absolute atomic E-state index is 0.0313. The predicted molar refractivity (Wildman–Crippen MR) is 139 cm³/mol. The van der Waals surface area contributed by atoms with Gasteiger partial charge in [0.1, 0.15) is 17.6 Å². The highest BCUT2D eigenvalue weighted by atomic mass is 32.2. The Morgan fingerprint density at radius 1 is 1.03 bits per heavy atom. The van der Waals surface area contributed by atoms with Crippen molar-refractivity contribution in [2.24, 2.45) is 0 Å². The van der Waals surface area contributed by atoms with Gasteiger partial charge in [0.25, 0.3) is 0 Å². The van der Waals surface area contributed by atoms with Crippen molar-refractivity contribution in [1.82, 2.24) is 10.2 Å². The number of nitrogens with one attached hydrogen (secondary N) is 1. The van der Waals surface area contributed by atoms with E-state index >= 15 is 0 Å². The number of hydrogen-bond acceptors (Lipinski definition) is 5. The van der Waals surface area contributed by atoms with Crippen molar-refractivity contribution in [3.63, 3.8) is 0 Å². The topological polar surface area (TPSA) is 96.0 Å². The molecule has 0 saturated carbocycles. The van der Waals surface area contributed by atoms with E-state index in [0.717, 1.165) is 6.26 Å². The predicted octanol–water partition coefficient (Wildman–Crippen LogP) is 3.71. The standard InChI is InChI=1S/C26H36FN3O5S/c1-6-35-24-15-13-23(14-16-24)30(36(5,33)34)17-7-8-25(31)29(20(4)26(32)28-19(2)3)18-21-9-11-22(27)12-10-21/h9-16,19-20H,6-8,17-18H2,1-5H3,(H,28,32)/t20-/m0/s1. The highest BCUT2D eigenvalue weighted by Crippen LogP contribution is 2.22. The lowest BCUT2D eigenvalue weighted by molar-refractivity contribution is -0.140. The maximum atomic E-state index is 13.3. The number of anilines is 1. The van der Waals surface area contributed by atoms with Crippen molar-refractivity contribution in [2.75, 3.05) is 23.7 Å². The molecule has 1 atom stereocenters. The van der Waals surface area contributed by atoms with E-state index in [1.807, 2.05) is 20.8 Å². The second-order valence-corrected chi connectivity index (χ2v) is 10.8. The number of amides is 2. The summed E-state index contributed by atoms with van der Waals surface area (Å²) in [5.74, 6) is -0.356. The van der Waals surface area contributed by atoms with E-state index in [1.54, 1.807) is 43.3 Å². The van der Waals surface area contributed by atoms with Crippen LogP contribution < -0.4 is 14.4 Å². The van der Waals surface area contributed by atoms with E-state index in [-0.39, 0.29) is 43.8 Å². The highest BCUT2D eigenvalue weighted by Gasteiger charge is 2.27. The molecule has 0 aromatic heterocycles. The summed E-state index contributed by atoms with van der Waals surface area (Å²) in [4.78, 5) is 27.3. The van der Waals surface area contributed by atoms with Gasteiger partial charge in [-0.1, -0.05) is 12.1 Å². The Labute approximate surface area is 213 Å². The molecule has 0 fully saturated rings. The Bertz CT molecular complexity index is 1110. The zero-order valence-electron chi connectivity index (χ0n) is 21.5. The van der Waals surface area contributed by atoms with Crippen molar-refractivity contribution in [3.05, 3.63) is 59.9 Å². The zero-order chi connectivity index (χ0) is 26.9. The number of carbonyl (C=O) groups excluding carboxylic acids is 2. The van der Waals surface area contributed by atoms with Crippen LogP contribution in [0.25, 0.3) is 0 Å². The molecule has 0 aliphatic heterocycles. The lowest BCUT2D eigenvalue weighted by Crippen LogP contribution is -2.49. The van der Waals surface area contributed by atoms with Crippen LogP contribution in [-0.4, -0.2) is 56.6 Å². The third kappa shape index (κ3) is 8.82. The second-order valence-electron chi connectivity index (χ2n) is 8.85. The number of benzene rings is 2. The van der Waals surface area contributed by atoms with Crippen molar-refractivity contribution in [2.45, 2.75) is 59.2 Å². The van der Waals surface area contributed by atoms with Gasteiger partial charge >= 0.3 is 0 Å². The number of nitrogens with zero attached hydrogens (tertiary/aromatic N) is 2. The summed E-state index contributed by atoms with van der Waals surface area (Å²) in [6.07, 6.45) is 1.39. The van der Waals surface area contributed by atoms with E-state index in [1.165, 1.54) is 21.3 Å². The summed E-state index contributed by atoms with van der Waals surface area (Å²) in [5, 5.41) is 2.81. The maximum Gasteiger partial charge on any atom is 0.242 e. The van der Waals surface area contributed by atoms with Gasteiger partial charge in [-0.3, -0.25) is 13.9 Å². The molecule has 0 saturated heterocycles. The summed E-state index contributed by atoms with van der Waals surface area (Å²) >= 11 is 0.